The average Bonchev–Trinajstić information content (AvgIpc) is 3.09. The molecule has 126 valence electrons. The molecule has 0 saturated carbocycles. The highest BCUT2D eigenvalue weighted by atomic mass is 32.1. The Balaban J connectivity index is 1.60. The fourth-order valence-corrected chi connectivity index (χ4v) is 3.05. The summed E-state index contributed by atoms with van der Waals surface area (Å²) in [5.74, 6) is -0.191. The lowest BCUT2D eigenvalue weighted by atomic mass is 10.1. The summed E-state index contributed by atoms with van der Waals surface area (Å²) in [5.41, 5.74) is 12.5. The Morgan fingerprint density at radius 1 is 1.16 bits per heavy atom. The monoisotopic (exact) mass is 350 g/mol. The standard InChI is InChI=1S/C19H18N4OS/c1-13(14-7-9-16(20)10-8-14)22-23-18(24)11-19-21-17(12-25-19)15-5-3-2-4-6-15/h2-10,12H,11,20H2,1H3,(H,23,24)/b22-13-. The van der Waals surface area contributed by atoms with Gasteiger partial charge >= 0.3 is 0 Å². The first-order valence-electron chi connectivity index (χ1n) is 7.80. The number of anilines is 1. The van der Waals surface area contributed by atoms with E-state index in [0.29, 0.717) is 5.69 Å². The number of nitrogens with zero attached hydrogens (tertiary/aromatic N) is 2. The van der Waals surface area contributed by atoms with Crippen LogP contribution in [0.5, 0.6) is 0 Å². The molecule has 2 aromatic carbocycles. The molecule has 5 nitrogen and oxygen atoms in total. The molecule has 6 heteroatoms. The quantitative estimate of drug-likeness (QED) is 0.420. The number of hydrazone groups is 1. The average molecular weight is 350 g/mol. The van der Waals surface area contributed by atoms with E-state index in [4.69, 9.17) is 5.73 Å². The largest absolute Gasteiger partial charge is 0.399 e. The molecular formula is C19H18N4OS. The number of rotatable bonds is 5. The molecular weight excluding hydrogens is 332 g/mol. The number of carbonyl (C=O) groups is 1. The van der Waals surface area contributed by atoms with E-state index in [-0.39, 0.29) is 12.3 Å². The summed E-state index contributed by atoms with van der Waals surface area (Å²) in [6.45, 7) is 1.84. The molecule has 0 aliphatic carbocycles. The summed E-state index contributed by atoms with van der Waals surface area (Å²) in [6, 6.07) is 17.2. The molecule has 3 aromatic rings. The van der Waals surface area contributed by atoms with Gasteiger partial charge < -0.3 is 5.73 Å². The van der Waals surface area contributed by atoms with Crippen LogP contribution in [0.2, 0.25) is 0 Å². The van der Waals surface area contributed by atoms with Crippen molar-refractivity contribution in [2.24, 2.45) is 5.10 Å². The summed E-state index contributed by atoms with van der Waals surface area (Å²) >= 11 is 1.47. The minimum absolute atomic E-state index is 0.191. The lowest BCUT2D eigenvalue weighted by Gasteiger charge is -2.02. The van der Waals surface area contributed by atoms with Crippen molar-refractivity contribution in [2.75, 3.05) is 5.73 Å². The molecule has 3 N–H and O–H groups in total. The fraction of sp³-hybridized carbons (Fsp3) is 0.105. The summed E-state index contributed by atoms with van der Waals surface area (Å²) in [5, 5.41) is 6.86. The Labute approximate surface area is 150 Å². The molecule has 0 bridgehead atoms. The molecule has 0 aliphatic rings. The summed E-state index contributed by atoms with van der Waals surface area (Å²) in [6.07, 6.45) is 0.204. The lowest BCUT2D eigenvalue weighted by Crippen LogP contribution is -2.21. The first-order chi connectivity index (χ1) is 12.1. The van der Waals surface area contributed by atoms with Gasteiger partial charge in [0.05, 0.1) is 17.8 Å². The van der Waals surface area contributed by atoms with Crippen molar-refractivity contribution in [1.82, 2.24) is 10.4 Å². The zero-order valence-corrected chi connectivity index (χ0v) is 14.6. The molecule has 0 saturated heterocycles. The third-order valence-corrected chi connectivity index (χ3v) is 4.46. The highest BCUT2D eigenvalue weighted by Gasteiger charge is 2.09. The van der Waals surface area contributed by atoms with Gasteiger partial charge in [-0.1, -0.05) is 42.5 Å². The van der Waals surface area contributed by atoms with E-state index in [2.05, 4.69) is 15.5 Å². The molecule has 1 aromatic heterocycles. The van der Waals surface area contributed by atoms with Crippen LogP contribution in [0, 0.1) is 0 Å². The van der Waals surface area contributed by atoms with Gasteiger partial charge in [-0.2, -0.15) is 5.10 Å². The number of hydrogen-bond acceptors (Lipinski definition) is 5. The van der Waals surface area contributed by atoms with Crippen LogP contribution in [-0.4, -0.2) is 16.6 Å². The molecule has 0 aliphatic heterocycles. The fourth-order valence-electron chi connectivity index (χ4n) is 2.25. The van der Waals surface area contributed by atoms with Crippen molar-refractivity contribution in [3.05, 3.63) is 70.5 Å². The maximum atomic E-state index is 12.1. The van der Waals surface area contributed by atoms with Crippen molar-refractivity contribution < 1.29 is 4.79 Å². The minimum Gasteiger partial charge on any atom is -0.399 e. The summed E-state index contributed by atoms with van der Waals surface area (Å²) < 4.78 is 0. The Bertz CT molecular complexity index is 885. The van der Waals surface area contributed by atoms with Gasteiger partial charge in [-0.05, 0) is 24.6 Å². The van der Waals surface area contributed by atoms with Gasteiger partial charge in [0.25, 0.3) is 0 Å². The van der Waals surface area contributed by atoms with Crippen LogP contribution in [0.3, 0.4) is 0 Å². The van der Waals surface area contributed by atoms with Crippen molar-refractivity contribution in [3.8, 4) is 11.3 Å². The van der Waals surface area contributed by atoms with E-state index in [0.717, 1.165) is 27.5 Å². The Morgan fingerprint density at radius 2 is 1.88 bits per heavy atom. The van der Waals surface area contributed by atoms with E-state index >= 15 is 0 Å². The maximum Gasteiger partial charge on any atom is 0.246 e. The highest BCUT2D eigenvalue weighted by Crippen LogP contribution is 2.21. The molecule has 0 fully saturated rings. The first-order valence-corrected chi connectivity index (χ1v) is 8.68. The highest BCUT2D eigenvalue weighted by molar-refractivity contribution is 7.10. The van der Waals surface area contributed by atoms with E-state index in [1.165, 1.54) is 11.3 Å². The van der Waals surface area contributed by atoms with Gasteiger partial charge in [-0.15, -0.1) is 11.3 Å². The SMILES string of the molecule is C/C(=N/NC(=O)Cc1nc(-c2ccccc2)cs1)c1ccc(N)cc1. The first kappa shape index (κ1) is 16.9. The number of amides is 1. The van der Waals surface area contributed by atoms with Crippen molar-refractivity contribution in [2.45, 2.75) is 13.3 Å². The Morgan fingerprint density at radius 3 is 2.60 bits per heavy atom. The van der Waals surface area contributed by atoms with Crippen LogP contribution in [0.1, 0.15) is 17.5 Å². The van der Waals surface area contributed by atoms with Crippen molar-refractivity contribution in [3.63, 3.8) is 0 Å². The normalized spacial score (nSPS) is 11.3. The second kappa shape index (κ2) is 7.72. The third kappa shape index (κ3) is 4.51. The number of nitrogens with one attached hydrogen (secondary N) is 1. The molecule has 0 atom stereocenters. The number of nitrogen functional groups attached to an aromatic ring is 1. The van der Waals surface area contributed by atoms with Gasteiger partial charge in [-0.25, -0.2) is 10.4 Å². The summed E-state index contributed by atoms with van der Waals surface area (Å²) in [7, 11) is 0. The van der Waals surface area contributed by atoms with Crippen LogP contribution < -0.4 is 11.2 Å². The van der Waals surface area contributed by atoms with Crippen LogP contribution in [0.4, 0.5) is 5.69 Å². The second-order valence-electron chi connectivity index (χ2n) is 5.52. The minimum atomic E-state index is -0.191. The zero-order valence-electron chi connectivity index (χ0n) is 13.8. The van der Waals surface area contributed by atoms with Crippen molar-refractivity contribution in [1.29, 1.82) is 0 Å². The van der Waals surface area contributed by atoms with E-state index in [9.17, 15) is 4.79 Å². The maximum absolute atomic E-state index is 12.1. The molecule has 25 heavy (non-hydrogen) atoms. The third-order valence-electron chi connectivity index (χ3n) is 3.61. The predicted molar refractivity (Wildman–Crippen MR) is 102 cm³/mol. The second-order valence-corrected chi connectivity index (χ2v) is 6.47. The van der Waals surface area contributed by atoms with Gasteiger partial charge in [-0.3, -0.25) is 4.79 Å². The van der Waals surface area contributed by atoms with Gasteiger partial charge in [0.15, 0.2) is 0 Å². The number of aromatic nitrogens is 1. The molecule has 0 spiro atoms. The van der Waals surface area contributed by atoms with Crippen LogP contribution in [0.25, 0.3) is 11.3 Å². The zero-order chi connectivity index (χ0) is 17.6. The summed E-state index contributed by atoms with van der Waals surface area (Å²) in [4.78, 5) is 16.6. The number of carbonyl (C=O) groups excluding carboxylic acids is 1. The lowest BCUT2D eigenvalue weighted by molar-refractivity contribution is -0.120. The number of benzene rings is 2. The van der Waals surface area contributed by atoms with E-state index < -0.39 is 0 Å². The van der Waals surface area contributed by atoms with Gasteiger partial charge in [0.2, 0.25) is 5.91 Å². The topological polar surface area (TPSA) is 80.4 Å². The Hall–Kier alpha value is -2.99. The molecule has 3 rings (SSSR count). The van der Waals surface area contributed by atoms with E-state index in [1.807, 2.05) is 54.8 Å². The van der Waals surface area contributed by atoms with Crippen molar-refractivity contribution >= 4 is 28.6 Å². The van der Waals surface area contributed by atoms with E-state index in [1.54, 1.807) is 12.1 Å². The molecule has 0 radical (unpaired) electrons. The van der Waals surface area contributed by atoms with Crippen LogP contribution >= 0.6 is 11.3 Å². The number of nitrogens with two attached hydrogens (primary N) is 1. The molecule has 0 unspecified atom stereocenters. The predicted octanol–water partition coefficient (Wildman–Crippen LogP) is 3.48. The molecule has 1 heterocycles. The molecule has 1 amide bonds. The van der Waals surface area contributed by atoms with Crippen LogP contribution in [-0.2, 0) is 11.2 Å². The number of thiazole rings is 1. The smallest absolute Gasteiger partial charge is 0.246 e. The van der Waals surface area contributed by atoms with Crippen LogP contribution in [0.15, 0.2) is 65.1 Å². The van der Waals surface area contributed by atoms with Gasteiger partial charge in [0.1, 0.15) is 5.01 Å². The number of hydrogen-bond donors (Lipinski definition) is 2. The Kier molecular flexibility index (Phi) is 5.20. The van der Waals surface area contributed by atoms with Gasteiger partial charge in [0, 0.05) is 16.6 Å².